The van der Waals surface area contributed by atoms with Crippen molar-refractivity contribution in [2.75, 3.05) is 47.5 Å². The zero-order chi connectivity index (χ0) is 54.2. The van der Waals surface area contributed by atoms with Gasteiger partial charge in [-0.2, -0.15) is 0 Å². The van der Waals surface area contributed by atoms with Crippen molar-refractivity contribution in [2.45, 2.75) is 238 Å². The zero-order valence-electron chi connectivity index (χ0n) is 48.0. The van der Waals surface area contributed by atoms with Gasteiger partial charge in [0, 0.05) is 12.8 Å². The fraction of sp³-hybridized carbons (Fsp3) is 0.688. The maximum Gasteiger partial charge on any atom is 0.306 e. The van der Waals surface area contributed by atoms with Crippen LogP contribution >= 0.6 is 7.82 Å². The average Bonchev–Trinajstić information content (AvgIpc) is 3.36. The van der Waals surface area contributed by atoms with Gasteiger partial charge in [-0.15, -0.1) is 0 Å². The van der Waals surface area contributed by atoms with E-state index in [-0.39, 0.29) is 32.0 Å². The fourth-order valence-electron chi connectivity index (χ4n) is 7.77. The Hall–Kier alpha value is -3.33. The topological polar surface area (TPSA) is 111 Å². The lowest BCUT2D eigenvalue weighted by atomic mass is 10.0. The summed E-state index contributed by atoms with van der Waals surface area (Å²) in [5.41, 5.74) is 0. The van der Waals surface area contributed by atoms with Gasteiger partial charge in [0.05, 0.1) is 27.7 Å². The number of hydrogen-bond acceptors (Lipinski definition) is 8. The van der Waals surface area contributed by atoms with E-state index in [1.807, 2.05) is 21.1 Å². The third-order valence-corrected chi connectivity index (χ3v) is 13.3. The summed E-state index contributed by atoms with van der Waals surface area (Å²) < 4.78 is 34.1. The molecule has 0 amide bonds. The first-order valence-corrected chi connectivity index (χ1v) is 31.1. The van der Waals surface area contributed by atoms with Crippen LogP contribution in [-0.4, -0.2) is 70.0 Å². The molecule has 0 aliphatic heterocycles. The summed E-state index contributed by atoms with van der Waals surface area (Å²) in [5, 5.41) is 0. The molecule has 0 N–H and O–H groups in total. The molecule has 0 aliphatic carbocycles. The first-order chi connectivity index (χ1) is 36.0. The number of allylic oxidation sites excluding steroid dienone is 18. The number of quaternary nitrogens is 1. The molecule has 0 aromatic heterocycles. The second-order valence-electron chi connectivity index (χ2n) is 20.6. The maximum atomic E-state index is 12.8. The Balaban J connectivity index is 4.17. The number of likely N-dealkylation sites (N-methyl/N-ethyl adjacent to an activating group) is 1. The van der Waals surface area contributed by atoms with E-state index in [0.717, 1.165) is 103 Å². The molecule has 424 valence electrons. The van der Waals surface area contributed by atoms with E-state index in [1.54, 1.807) is 0 Å². The number of carbonyl (C=O) groups excluding carboxylic acids is 2. The van der Waals surface area contributed by atoms with Crippen LogP contribution in [0.1, 0.15) is 232 Å². The molecule has 0 fully saturated rings. The van der Waals surface area contributed by atoms with Crippen LogP contribution in [0.3, 0.4) is 0 Å². The number of phosphoric acid groups is 1. The summed E-state index contributed by atoms with van der Waals surface area (Å²) in [5.74, 6) is -0.847. The Morgan fingerprint density at radius 1 is 0.432 bits per heavy atom. The van der Waals surface area contributed by atoms with Crippen molar-refractivity contribution < 1.29 is 42.1 Å². The highest BCUT2D eigenvalue weighted by Crippen LogP contribution is 2.38. The van der Waals surface area contributed by atoms with Crippen LogP contribution < -0.4 is 4.89 Å². The first-order valence-electron chi connectivity index (χ1n) is 29.6. The van der Waals surface area contributed by atoms with E-state index in [9.17, 15) is 19.0 Å². The lowest BCUT2D eigenvalue weighted by Crippen LogP contribution is -2.37. The summed E-state index contributed by atoms with van der Waals surface area (Å²) in [6.07, 6.45) is 75.6. The quantitative estimate of drug-likeness (QED) is 0.0195. The molecular formula is C64H110NO8P. The zero-order valence-corrected chi connectivity index (χ0v) is 48.9. The summed E-state index contributed by atoms with van der Waals surface area (Å²) in [6, 6.07) is 0. The minimum Gasteiger partial charge on any atom is -0.756 e. The normalized spacial score (nSPS) is 14.1. The van der Waals surface area contributed by atoms with E-state index in [4.69, 9.17) is 18.5 Å². The average molecular weight is 1050 g/mol. The van der Waals surface area contributed by atoms with Crippen LogP contribution in [-0.2, 0) is 32.7 Å². The lowest BCUT2D eigenvalue weighted by molar-refractivity contribution is -0.870. The van der Waals surface area contributed by atoms with Crippen LogP contribution in [0.4, 0.5) is 0 Å². The number of rotatable bonds is 53. The second-order valence-corrected chi connectivity index (χ2v) is 22.0. The minimum atomic E-state index is -4.64. The third kappa shape index (κ3) is 57.9. The second kappa shape index (κ2) is 54.5. The summed E-state index contributed by atoms with van der Waals surface area (Å²) in [6.45, 7) is 4.11. The number of carbonyl (C=O) groups is 2. The molecule has 0 saturated carbocycles. The highest BCUT2D eigenvalue weighted by atomic mass is 31.2. The number of nitrogens with zero attached hydrogens (tertiary/aromatic N) is 1. The molecular weight excluding hydrogens is 942 g/mol. The van der Waals surface area contributed by atoms with Crippen molar-refractivity contribution in [3.8, 4) is 0 Å². The van der Waals surface area contributed by atoms with Gasteiger partial charge in [0.2, 0.25) is 0 Å². The van der Waals surface area contributed by atoms with E-state index < -0.39 is 26.5 Å². The van der Waals surface area contributed by atoms with Gasteiger partial charge >= 0.3 is 11.9 Å². The van der Waals surface area contributed by atoms with Crippen molar-refractivity contribution in [2.24, 2.45) is 0 Å². The van der Waals surface area contributed by atoms with Gasteiger partial charge in [0.15, 0.2) is 6.10 Å². The predicted octanol–water partition coefficient (Wildman–Crippen LogP) is 18.0. The minimum absolute atomic E-state index is 0.0371. The molecule has 0 spiro atoms. The maximum absolute atomic E-state index is 12.8. The standard InChI is InChI=1S/C64H110NO8P/c1-6-8-10-12-14-16-18-20-22-23-24-25-26-27-28-29-30-31-32-33-34-35-36-37-38-39-40-41-43-45-47-49-51-53-55-57-64(67)73-62(61-72-74(68,69)71-59-58-65(3,4)5)60-70-63(66)56-54-52-50-48-46-44-42-21-19-17-15-13-11-9-7-2/h8,10,14,16,20,22,24-25,27-28,30-31,33-34,36-37,39-40,62H,6-7,9,11-13,15,17-19,21,23,26,29,32,35,38,41-61H2,1-5H3/b10-8-,16-14-,22-20-,25-24-,28-27-,31-30-,34-33-,37-36-,40-39-. The van der Waals surface area contributed by atoms with Crippen molar-refractivity contribution in [3.63, 3.8) is 0 Å². The van der Waals surface area contributed by atoms with E-state index >= 15 is 0 Å². The van der Waals surface area contributed by atoms with Gasteiger partial charge in [0.1, 0.15) is 19.8 Å². The number of unbranched alkanes of at least 4 members (excludes halogenated alkanes) is 21. The molecule has 0 bridgehead atoms. The Bertz CT molecular complexity index is 1620. The lowest BCUT2D eigenvalue weighted by Gasteiger charge is -2.28. The largest absolute Gasteiger partial charge is 0.756 e. The predicted molar refractivity (Wildman–Crippen MR) is 314 cm³/mol. The molecule has 0 rings (SSSR count). The highest BCUT2D eigenvalue weighted by molar-refractivity contribution is 7.45. The van der Waals surface area contributed by atoms with Crippen LogP contribution in [0.5, 0.6) is 0 Å². The number of ether oxygens (including phenoxy) is 2. The molecule has 0 aliphatic rings. The van der Waals surface area contributed by atoms with Crippen molar-refractivity contribution in [1.29, 1.82) is 0 Å². The van der Waals surface area contributed by atoms with Crippen LogP contribution in [0.15, 0.2) is 109 Å². The smallest absolute Gasteiger partial charge is 0.306 e. The molecule has 0 aromatic rings. The molecule has 74 heavy (non-hydrogen) atoms. The van der Waals surface area contributed by atoms with Gasteiger partial charge in [-0.1, -0.05) is 245 Å². The SMILES string of the molecule is CC/C=C\C/C=C\C/C=C\C/C=C\C/C=C\C/C=C\C/C=C\C/C=C\C/C=C\CCCCCCCCCC(=O)OC(COC(=O)CCCCCCCCCCCCCCCCC)COP(=O)([O-])OCC[N+](C)(C)C. The summed E-state index contributed by atoms with van der Waals surface area (Å²) in [7, 11) is 1.15. The Labute approximate surface area is 455 Å². The molecule has 2 atom stereocenters. The number of esters is 2. The molecule has 2 unspecified atom stereocenters. The molecule has 0 aromatic carbocycles. The third-order valence-electron chi connectivity index (χ3n) is 12.3. The first kappa shape index (κ1) is 70.7. The van der Waals surface area contributed by atoms with Crippen molar-refractivity contribution in [3.05, 3.63) is 109 Å². The summed E-state index contributed by atoms with van der Waals surface area (Å²) in [4.78, 5) is 37.8. The Kier molecular flexibility index (Phi) is 52.0. The molecule has 0 heterocycles. The monoisotopic (exact) mass is 1050 g/mol. The number of phosphoric ester groups is 1. The van der Waals surface area contributed by atoms with Gasteiger partial charge in [-0.3, -0.25) is 14.2 Å². The highest BCUT2D eigenvalue weighted by Gasteiger charge is 2.21. The van der Waals surface area contributed by atoms with E-state index in [0.29, 0.717) is 17.4 Å². The molecule has 0 saturated heterocycles. The molecule has 9 nitrogen and oxygen atoms in total. The van der Waals surface area contributed by atoms with Crippen LogP contribution in [0.25, 0.3) is 0 Å². The van der Waals surface area contributed by atoms with Crippen LogP contribution in [0, 0.1) is 0 Å². The van der Waals surface area contributed by atoms with E-state index in [2.05, 4.69) is 123 Å². The Morgan fingerprint density at radius 2 is 0.770 bits per heavy atom. The Morgan fingerprint density at radius 3 is 1.15 bits per heavy atom. The van der Waals surface area contributed by atoms with Gasteiger partial charge < -0.3 is 27.9 Å². The molecule has 0 radical (unpaired) electrons. The summed E-state index contributed by atoms with van der Waals surface area (Å²) >= 11 is 0. The van der Waals surface area contributed by atoms with Gasteiger partial charge in [-0.05, 0) is 83.5 Å². The number of hydrogen-bond donors (Lipinski definition) is 0. The van der Waals surface area contributed by atoms with Crippen LogP contribution in [0.2, 0.25) is 0 Å². The fourth-order valence-corrected chi connectivity index (χ4v) is 8.49. The van der Waals surface area contributed by atoms with Gasteiger partial charge in [-0.25, -0.2) is 0 Å². The van der Waals surface area contributed by atoms with E-state index in [1.165, 1.54) is 96.3 Å². The van der Waals surface area contributed by atoms with Crippen molar-refractivity contribution >= 4 is 19.8 Å². The van der Waals surface area contributed by atoms with Crippen molar-refractivity contribution in [1.82, 2.24) is 0 Å². The molecule has 10 heteroatoms. The van der Waals surface area contributed by atoms with Gasteiger partial charge in [0.25, 0.3) is 7.82 Å².